The first-order valence-corrected chi connectivity index (χ1v) is 5.08. The molecule has 2 rings (SSSR count). The maximum atomic E-state index is 13.2. The minimum Gasteiger partial charge on any atom is -0.340 e. The number of benzene rings is 1. The van der Waals surface area contributed by atoms with Gasteiger partial charge in [-0.15, -0.1) is 0 Å². The number of nitrogens with zero attached hydrogens (tertiary/aromatic N) is 2. The van der Waals surface area contributed by atoms with E-state index < -0.39 is 5.82 Å². The van der Waals surface area contributed by atoms with E-state index in [-0.39, 0.29) is 11.0 Å². The fraction of sp³-hybridized carbons (Fsp3) is 0. The van der Waals surface area contributed by atoms with Gasteiger partial charge in [-0.05, 0) is 24.3 Å². The Bertz CT molecular complexity index is 534. The van der Waals surface area contributed by atoms with Gasteiger partial charge in [-0.3, -0.25) is 5.43 Å². The Labute approximate surface area is 102 Å². The van der Waals surface area contributed by atoms with Crippen LogP contribution in [0.2, 0.25) is 5.02 Å². The third kappa shape index (κ3) is 2.80. The summed E-state index contributed by atoms with van der Waals surface area (Å²) in [5, 5.41) is 2.97. The van der Waals surface area contributed by atoms with Crippen LogP contribution in [0.3, 0.4) is 0 Å². The maximum absolute atomic E-state index is 13.2. The molecule has 0 spiro atoms. The first-order valence-electron chi connectivity index (χ1n) is 4.71. The molecule has 1 aromatic carbocycles. The van der Waals surface area contributed by atoms with Gasteiger partial charge in [0, 0.05) is 11.9 Å². The molecule has 0 saturated carbocycles. The summed E-state index contributed by atoms with van der Waals surface area (Å²) in [5.41, 5.74) is 2.85. The van der Waals surface area contributed by atoms with Crippen molar-refractivity contribution < 1.29 is 4.39 Å². The van der Waals surface area contributed by atoms with Crippen molar-refractivity contribution in [3.8, 4) is 0 Å². The first kappa shape index (κ1) is 11.6. The fourth-order valence-electron chi connectivity index (χ4n) is 1.22. The molecule has 0 unspecified atom stereocenters. The Morgan fingerprint density at radius 3 is 2.82 bits per heavy atom. The van der Waals surface area contributed by atoms with Gasteiger partial charge in [0.1, 0.15) is 11.6 Å². The number of hydrogen-bond donors (Lipinski definition) is 3. The SMILES string of the molecule is NNc1nccc(Nc2ccc(Cl)c(F)c2)n1. The number of anilines is 3. The van der Waals surface area contributed by atoms with E-state index in [9.17, 15) is 4.39 Å². The lowest BCUT2D eigenvalue weighted by atomic mass is 10.3. The predicted octanol–water partition coefficient (Wildman–Crippen LogP) is 2.30. The molecule has 5 nitrogen and oxygen atoms in total. The lowest BCUT2D eigenvalue weighted by Crippen LogP contribution is -2.10. The largest absolute Gasteiger partial charge is 0.340 e. The summed E-state index contributed by atoms with van der Waals surface area (Å²) in [5.74, 6) is 5.44. The Kier molecular flexibility index (Phi) is 3.36. The molecular formula is C10H9ClFN5. The normalized spacial score (nSPS) is 10.1. The van der Waals surface area contributed by atoms with Crippen LogP contribution in [0.25, 0.3) is 0 Å². The van der Waals surface area contributed by atoms with Gasteiger partial charge >= 0.3 is 0 Å². The Morgan fingerprint density at radius 2 is 2.12 bits per heavy atom. The second kappa shape index (κ2) is 4.94. The Morgan fingerprint density at radius 1 is 1.29 bits per heavy atom. The molecule has 0 atom stereocenters. The molecule has 17 heavy (non-hydrogen) atoms. The van der Waals surface area contributed by atoms with Gasteiger partial charge < -0.3 is 5.32 Å². The lowest BCUT2D eigenvalue weighted by Gasteiger charge is -2.06. The smallest absolute Gasteiger partial charge is 0.239 e. The predicted molar refractivity (Wildman–Crippen MR) is 64.5 cm³/mol. The highest BCUT2D eigenvalue weighted by Crippen LogP contribution is 2.21. The third-order valence-electron chi connectivity index (χ3n) is 1.98. The molecule has 0 bridgehead atoms. The zero-order valence-electron chi connectivity index (χ0n) is 8.61. The molecule has 4 N–H and O–H groups in total. The molecule has 0 saturated heterocycles. The van der Waals surface area contributed by atoms with Crippen LogP contribution in [-0.2, 0) is 0 Å². The average molecular weight is 254 g/mol. The highest BCUT2D eigenvalue weighted by molar-refractivity contribution is 6.30. The van der Waals surface area contributed by atoms with Gasteiger partial charge in [-0.1, -0.05) is 11.6 Å². The number of nitrogens with two attached hydrogens (primary N) is 1. The van der Waals surface area contributed by atoms with Crippen molar-refractivity contribution in [1.82, 2.24) is 9.97 Å². The zero-order chi connectivity index (χ0) is 12.3. The van der Waals surface area contributed by atoms with Gasteiger partial charge in [0.15, 0.2) is 0 Å². The molecule has 0 fully saturated rings. The van der Waals surface area contributed by atoms with Crippen molar-refractivity contribution in [2.24, 2.45) is 5.84 Å². The van der Waals surface area contributed by atoms with Crippen LogP contribution in [0.5, 0.6) is 0 Å². The second-order valence-corrected chi connectivity index (χ2v) is 3.57. The van der Waals surface area contributed by atoms with E-state index in [4.69, 9.17) is 17.4 Å². The molecule has 88 valence electrons. The van der Waals surface area contributed by atoms with Crippen molar-refractivity contribution in [2.45, 2.75) is 0 Å². The monoisotopic (exact) mass is 253 g/mol. The van der Waals surface area contributed by atoms with E-state index in [1.165, 1.54) is 18.3 Å². The molecule has 2 aromatic rings. The van der Waals surface area contributed by atoms with E-state index in [2.05, 4.69) is 20.7 Å². The number of aromatic nitrogens is 2. The number of hydrogen-bond acceptors (Lipinski definition) is 5. The molecule has 0 radical (unpaired) electrons. The number of hydrazine groups is 1. The second-order valence-electron chi connectivity index (χ2n) is 3.16. The quantitative estimate of drug-likeness (QED) is 0.578. The van der Waals surface area contributed by atoms with Gasteiger partial charge in [0.2, 0.25) is 5.95 Å². The fourth-order valence-corrected chi connectivity index (χ4v) is 1.34. The summed E-state index contributed by atoms with van der Waals surface area (Å²) in [6.07, 6.45) is 1.52. The van der Waals surface area contributed by atoms with Gasteiger partial charge in [0.25, 0.3) is 0 Å². The number of rotatable bonds is 3. The summed E-state index contributed by atoms with van der Waals surface area (Å²) < 4.78 is 13.2. The van der Waals surface area contributed by atoms with E-state index in [0.29, 0.717) is 11.5 Å². The van der Waals surface area contributed by atoms with Crippen LogP contribution in [0.1, 0.15) is 0 Å². The van der Waals surface area contributed by atoms with E-state index in [1.807, 2.05) is 0 Å². The summed E-state index contributed by atoms with van der Waals surface area (Å²) in [6, 6.07) is 6.01. The van der Waals surface area contributed by atoms with Gasteiger partial charge in [-0.2, -0.15) is 4.98 Å². The minimum absolute atomic E-state index is 0.0718. The Hall–Kier alpha value is -1.92. The van der Waals surface area contributed by atoms with E-state index in [0.717, 1.165) is 0 Å². The summed E-state index contributed by atoms with van der Waals surface area (Å²) in [6.45, 7) is 0. The molecule has 7 heteroatoms. The van der Waals surface area contributed by atoms with Crippen molar-refractivity contribution in [2.75, 3.05) is 10.7 Å². The molecule has 0 aliphatic heterocycles. The number of halogens is 2. The summed E-state index contributed by atoms with van der Waals surface area (Å²) >= 11 is 5.58. The van der Waals surface area contributed by atoms with Crippen molar-refractivity contribution in [1.29, 1.82) is 0 Å². The minimum atomic E-state index is -0.497. The van der Waals surface area contributed by atoms with Crippen LogP contribution in [0.15, 0.2) is 30.5 Å². The summed E-state index contributed by atoms with van der Waals surface area (Å²) in [7, 11) is 0. The topological polar surface area (TPSA) is 75.9 Å². The van der Waals surface area contributed by atoms with E-state index in [1.54, 1.807) is 12.1 Å². The average Bonchev–Trinajstić information content (AvgIpc) is 2.34. The first-order chi connectivity index (χ1) is 8.19. The van der Waals surface area contributed by atoms with Crippen LogP contribution in [-0.4, -0.2) is 9.97 Å². The van der Waals surface area contributed by atoms with E-state index >= 15 is 0 Å². The third-order valence-corrected chi connectivity index (χ3v) is 2.28. The van der Waals surface area contributed by atoms with Crippen molar-refractivity contribution in [3.63, 3.8) is 0 Å². The van der Waals surface area contributed by atoms with Crippen LogP contribution < -0.4 is 16.6 Å². The Balaban J connectivity index is 2.22. The highest BCUT2D eigenvalue weighted by Gasteiger charge is 2.02. The van der Waals surface area contributed by atoms with Crippen LogP contribution in [0.4, 0.5) is 21.8 Å². The molecule has 1 aromatic heterocycles. The standard InChI is InChI=1S/C10H9ClFN5/c11-7-2-1-6(5-8(7)12)15-9-3-4-14-10(16-9)17-13/h1-5H,13H2,(H2,14,15,16,17). The highest BCUT2D eigenvalue weighted by atomic mass is 35.5. The molecule has 0 aliphatic rings. The van der Waals surface area contributed by atoms with Gasteiger partial charge in [0.05, 0.1) is 5.02 Å². The molecule has 0 amide bonds. The number of nitrogens with one attached hydrogen (secondary N) is 2. The summed E-state index contributed by atoms with van der Waals surface area (Å²) in [4.78, 5) is 7.87. The molecule has 0 aliphatic carbocycles. The van der Waals surface area contributed by atoms with Crippen molar-refractivity contribution in [3.05, 3.63) is 41.3 Å². The molecular weight excluding hydrogens is 245 g/mol. The molecule has 1 heterocycles. The maximum Gasteiger partial charge on any atom is 0.239 e. The number of nitrogen functional groups attached to an aromatic ring is 1. The van der Waals surface area contributed by atoms with Crippen LogP contribution >= 0.6 is 11.6 Å². The van der Waals surface area contributed by atoms with Gasteiger partial charge in [-0.25, -0.2) is 15.2 Å². The zero-order valence-corrected chi connectivity index (χ0v) is 9.37. The lowest BCUT2D eigenvalue weighted by molar-refractivity contribution is 0.629. The van der Waals surface area contributed by atoms with Crippen molar-refractivity contribution >= 4 is 29.1 Å². The van der Waals surface area contributed by atoms with Crippen LogP contribution in [0, 0.1) is 5.82 Å².